The molecule has 1 nitrogen and oxygen atoms in total. The molecule has 5 atom stereocenters. The second-order valence-corrected chi connectivity index (χ2v) is 9.26. The molecule has 0 spiro atoms. The number of nitrogens with zero attached hydrogens (tertiary/aromatic N) is 1. The van der Waals surface area contributed by atoms with Gasteiger partial charge in [0.2, 0.25) is 0 Å². The van der Waals surface area contributed by atoms with Crippen LogP contribution in [0.1, 0.15) is 47.4 Å². The van der Waals surface area contributed by atoms with Gasteiger partial charge in [-0.2, -0.15) is 0 Å². The molecule has 0 bridgehead atoms. The number of rotatable bonds is 1. The van der Waals surface area contributed by atoms with Crippen molar-refractivity contribution in [3.63, 3.8) is 0 Å². The summed E-state index contributed by atoms with van der Waals surface area (Å²) in [7, 11) is 0. The number of allylic oxidation sites excluding steroid dienone is 4. The van der Waals surface area contributed by atoms with Gasteiger partial charge in [0.05, 0.1) is 6.04 Å². The molecular formula is C24H21Cl2N. The van der Waals surface area contributed by atoms with Crippen LogP contribution in [0.4, 0.5) is 5.69 Å². The van der Waals surface area contributed by atoms with Crippen molar-refractivity contribution < 1.29 is 0 Å². The molecule has 6 rings (SSSR count). The maximum absolute atomic E-state index is 6.60. The Kier molecular flexibility index (Phi) is 3.55. The van der Waals surface area contributed by atoms with Gasteiger partial charge >= 0.3 is 0 Å². The first-order valence-electron chi connectivity index (χ1n) is 9.89. The minimum atomic E-state index is 0.399. The molecule has 2 heterocycles. The Bertz CT molecular complexity index is 957. The quantitative estimate of drug-likeness (QED) is 0.476. The Balaban J connectivity index is 1.59. The van der Waals surface area contributed by atoms with Crippen molar-refractivity contribution in [3.8, 4) is 0 Å². The number of benzene rings is 2. The SMILES string of the molecule is Clc1ccc([C@@H]2[C@H]3CC=C[C@@H]3c3cc(Cl)cc4c3N2C[C@H]2CC=C[C@H]42)cc1. The molecule has 136 valence electrons. The zero-order chi connectivity index (χ0) is 18.1. The molecule has 27 heavy (non-hydrogen) atoms. The Morgan fingerprint density at radius 2 is 1.52 bits per heavy atom. The van der Waals surface area contributed by atoms with Gasteiger partial charge in [-0.05, 0) is 65.6 Å². The summed E-state index contributed by atoms with van der Waals surface area (Å²) >= 11 is 12.8. The van der Waals surface area contributed by atoms with Gasteiger partial charge in [0.25, 0.3) is 0 Å². The van der Waals surface area contributed by atoms with E-state index in [1.165, 1.54) is 28.8 Å². The zero-order valence-electron chi connectivity index (χ0n) is 15.0. The van der Waals surface area contributed by atoms with Crippen molar-refractivity contribution in [1.82, 2.24) is 0 Å². The van der Waals surface area contributed by atoms with Crippen LogP contribution in [-0.4, -0.2) is 6.54 Å². The fourth-order valence-electron chi connectivity index (χ4n) is 5.98. The smallest absolute Gasteiger partial charge is 0.0582 e. The number of fused-ring (bicyclic) bond motifs is 4. The van der Waals surface area contributed by atoms with Crippen LogP contribution >= 0.6 is 23.2 Å². The second-order valence-electron chi connectivity index (χ2n) is 8.38. The third-order valence-electron chi connectivity index (χ3n) is 7.03. The summed E-state index contributed by atoms with van der Waals surface area (Å²) in [6.45, 7) is 1.12. The lowest BCUT2D eigenvalue weighted by molar-refractivity contribution is 0.335. The standard InChI is InChI=1S/C24H21Cl2N/c25-16-9-7-14(8-10-16)23-20-6-2-5-19(20)22-12-17(26)11-21-18-4-1-3-15(18)13-27(23)24(21)22/h1-2,4-5,7-12,15,18-20,23H,3,6,13H2/t15-,18+,19+,20+,23-/m1/s1. The predicted octanol–water partition coefficient (Wildman–Crippen LogP) is 6.89. The first kappa shape index (κ1) is 16.3. The van der Waals surface area contributed by atoms with Gasteiger partial charge in [-0.3, -0.25) is 0 Å². The minimum absolute atomic E-state index is 0.399. The summed E-state index contributed by atoms with van der Waals surface area (Å²) in [6, 6.07) is 13.4. The van der Waals surface area contributed by atoms with Crippen molar-refractivity contribution in [2.24, 2.45) is 11.8 Å². The maximum Gasteiger partial charge on any atom is 0.0582 e. The maximum atomic E-state index is 6.60. The van der Waals surface area contributed by atoms with Crippen LogP contribution in [0.25, 0.3) is 0 Å². The summed E-state index contributed by atoms with van der Waals surface area (Å²) in [5.41, 5.74) is 5.69. The van der Waals surface area contributed by atoms with Crippen molar-refractivity contribution >= 4 is 28.9 Å². The lowest BCUT2D eigenvalue weighted by Crippen LogP contribution is -2.46. The normalized spacial score (nSPS) is 32.4. The lowest BCUT2D eigenvalue weighted by atomic mass is 9.71. The van der Waals surface area contributed by atoms with Gasteiger partial charge in [-0.25, -0.2) is 0 Å². The van der Waals surface area contributed by atoms with E-state index < -0.39 is 0 Å². The Hall–Kier alpha value is -1.70. The van der Waals surface area contributed by atoms with Crippen LogP contribution in [0.3, 0.4) is 0 Å². The fourth-order valence-corrected chi connectivity index (χ4v) is 6.34. The molecule has 0 fully saturated rings. The Labute approximate surface area is 170 Å². The van der Waals surface area contributed by atoms with E-state index in [0.717, 1.165) is 23.0 Å². The molecule has 0 N–H and O–H groups in total. The van der Waals surface area contributed by atoms with Gasteiger partial charge in [0.1, 0.15) is 0 Å². The second kappa shape index (κ2) is 5.90. The third-order valence-corrected chi connectivity index (χ3v) is 7.50. The molecule has 0 saturated heterocycles. The van der Waals surface area contributed by atoms with Gasteiger partial charge in [-0.1, -0.05) is 59.6 Å². The lowest BCUT2D eigenvalue weighted by Gasteiger charge is -2.51. The van der Waals surface area contributed by atoms with Crippen molar-refractivity contribution in [1.29, 1.82) is 0 Å². The highest BCUT2D eigenvalue weighted by atomic mass is 35.5. The summed E-state index contributed by atoms with van der Waals surface area (Å²) in [6.07, 6.45) is 11.8. The van der Waals surface area contributed by atoms with Crippen LogP contribution < -0.4 is 4.90 Å². The highest BCUT2D eigenvalue weighted by Crippen LogP contribution is 2.59. The average Bonchev–Trinajstić information content (AvgIpc) is 3.32. The molecule has 0 aromatic heterocycles. The van der Waals surface area contributed by atoms with E-state index in [1.807, 2.05) is 12.1 Å². The summed E-state index contributed by atoms with van der Waals surface area (Å²) in [5.74, 6) is 2.19. The fraction of sp³-hybridized carbons (Fsp3) is 0.333. The van der Waals surface area contributed by atoms with Gasteiger partial charge in [0.15, 0.2) is 0 Å². The molecule has 0 saturated carbocycles. The van der Waals surface area contributed by atoms with E-state index in [1.54, 1.807) is 0 Å². The van der Waals surface area contributed by atoms with Crippen LogP contribution in [0.5, 0.6) is 0 Å². The van der Waals surface area contributed by atoms with E-state index in [9.17, 15) is 0 Å². The highest BCUT2D eigenvalue weighted by Gasteiger charge is 2.47. The molecule has 0 amide bonds. The monoisotopic (exact) mass is 393 g/mol. The number of anilines is 1. The summed E-state index contributed by atoms with van der Waals surface area (Å²) in [4.78, 5) is 2.70. The molecule has 2 aromatic rings. The first-order chi connectivity index (χ1) is 13.2. The van der Waals surface area contributed by atoms with E-state index in [4.69, 9.17) is 23.2 Å². The molecule has 0 unspecified atom stereocenters. The van der Waals surface area contributed by atoms with Gasteiger partial charge in [-0.15, -0.1) is 0 Å². The molecule has 2 aromatic carbocycles. The Morgan fingerprint density at radius 3 is 2.33 bits per heavy atom. The highest BCUT2D eigenvalue weighted by molar-refractivity contribution is 6.31. The molecule has 3 heteroatoms. The number of hydrogen-bond donors (Lipinski definition) is 0. The number of halogens is 2. The molecule has 2 aliphatic heterocycles. The van der Waals surface area contributed by atoms with Crippen molar-refractivity contribution in [3.05, 3.63) is 87.4 Å². The van der Waals surface area contributed by atoms with Crippen LogP contribution in [-0.2, 0) is 0 Å². The van der Waals surface area contributed by atoms with Gasteiger partial charge in [0, 0.05) is 34.1 Å². The largest absolute Gasteiger partial charge is 0.363 e. The van der Waals surface area contributed by atoms with Crippen LogP contribution in [0.2, 0.25) is 10.0 Å². The third kappa shape index (κ3) is 2.31. The van der Waals surface area contributed by atoms with Crippen LogP contribution in [0.15, 0.2) is 60.7 Å². The molecular weight excluding hydrogens is 373 g/mol. The van der Waals surface area contributed by atoms with Gasteiger partial charge < -0.3 is 4.90 Å². The first-order valence-corrected chi connectivity index (χ1v) is 10.6. The molecule has 0 radical (unpaired) electrons. The zero-order valence-corrected chi connectivity index (χ0v) is 16.5. The topological polar surface area (TPSA) is 3.24 Å². The van der Waals surface area contributed by atoms with E-state index in [2.05, 4.69) is 53.5 Å². The Morgan fingerprint density at radius 1 is 0.815 bits per heavy atom. The predicted molar refractivity (Wildman–Crippen MR) is 113 cm³/mol. The van der Waals surface area contributed by atoms with Crippen molar-refractivity contribution in [2.75, 3.05) is 11.4 Å². The van der Waals surface area contributed by atoms with Crippen molar-refractivity contribution in [2.45, 2.75) is 30.7 Å². The molecule has 4 aliphatic rings. The summed E-state index contributed by atoms with van der Waals surface area (Å²) < 4.78 is 0. The van der Waals surface area contributed by atoms with E-state index in [-0.39, 0.29) is 0 Å². The number of hydrogen-bond acceptors (Lipinski definition) is 1. The minimum Gasteiger partial charge on any atom is -0.363 e. The molecule has 2 aliphatic carbocycles. The van der Waals surface area contributed by atoms with Crippen LogP contribution in [0, 0.1) is 11.8 Å². The van der Waals surface area contributed by atoms with E-state index >= 15 is 0 Å². The average molecular weight is 394 g/mol. The van der Waals surface area contributed by atoms with E-state index in [0.29, 0.717) is 29.7 Å². The summed E-state index contributed by atoms with van der Waals surface area (Å²) in [5, 5.41) is 1.69.